The van der Waals surface area contributed by atoms with Gasteiger partial charge in [0.15, 0.2) is 0 Å². The van der Waals surface area contributed by atoms with Crippen LogP contribution in [0.3, 0.4) is 0 Å². The standard InChI is InChI=1S/C19H20Cl3N3O/c1-13-2-3-15(21)11-18(13)25-8-6-24(7-9-25)12-19(26)23-17-10-14(20)4-5-16(17)22/h2-5,10-11H,6-9,12H2,1H3,(H,23,26). The van der Waals surface area contributed by atoms with Crippen LogP contribution in [0.5, 0.6) is 0 Å². The first-order chi connectivity index (χ1) is 12.4. The molecule has 0 saturated carbocycles. The third-order valence-corrected chi connectivity index (χ3v) is 5.25. The number of benzene rings is 2. The van der Waals surface area contributed by atoms with Gasteiger partial charge in [0.25, 0.3) is 0 Å². The van der Waals surface area contributed by atoms with Crippen LogP contribution >= 0.6 is 34.8 Å². The Balaban J connectivity index is 1.54. The average Bonchev–Trinajstić information content (AvgIpc) is 2.61. The SMILES string of the molecule is Cc1ccc(Cl)cc1N1CCN(CC(=O)Nc2cc(Cl)ccc2Cl)CC1. The molecule has 2 aromatic carbocycles. The molecule has 1 fully saturated rings. The van der Waals surface area contributed by atoms with Gasteiger partial charge in [-0.3, -0.25) is 9.69 Å². The molecule has 1 heterocycles. The molecule has 0 aromatic heterocycles. The smallest absolute Gasteiger partial charge is 0.238 e. The molecule has 1 saturated heterocycles. The number of hydrogen-bond acceptors (Lipinski definition) is 3. The molecule has 7 heteroatoms. The molecule has 1 aliphatic heterocycles. The first-order valence-corrected chi connectivity index (χ1v) is 9.54. The third-order valence-electron chi connectivity index (χ3n) is 4.45. The molecular formula is C19H20Cl3N3O. The first kappa shape index (κ1) is 19.3. The highest BCUT2D eigenvalue weighted by Gasteiger charge is 2.20. The number of rotatable bonds is 4. The summed E-state index contributed by atoms with van der Waals surface area (Å²) < 4.78 is 0. The Bertz CT molecular complexity index is 805. The molecule has 4 nitrogen and oxygen atoms in total. The monoisotopic (exact) mass is 411 g/mol. The summed E-state index contributed by atoms with van der Waals surface area (Å²) in [6.45, 7) is 5.73. The highest BCUT2D eigenvalue weighted by Crippen LogP contribution is 2.26. The van der Waals surface area contributed by atoms with Crippen LogP contribution in [0.4, 0.5) is 11.4 Å². The Kier molecular flexibility index (Phi) is 6.30. The van der Waals surface area contributed by atoms with Crippen molar-refractivity contribution in [1.82, 2.24) is 4.90 Å². The number of nitrogens with zero attached hydrogens (tertiary/aromatic N) is 2. The molecule has 0 atom stereocenters. The van der Waals surface area contributed by atoms with E-state index in [1.807, 2.05) is 18.2 Å². The largest absolute Gasteiger partial charge is 0.369 e. The van der Waals surface area contributed by atoms with E-state index in [2.05, 4.69) is 22.0 Å². The molecular weight excluding hydrogens is 393 g/mol. The maximum atomic E-state index is 12.3. The van der Waals surface area contributed by atoms with Gasteiger partial charge in [-0.25, -0.2) is 0 Å². The van der Waals surface area contributed by atoms with Crippen molar-refractivity contribution in [3.05, 3.63) is 57.0 Å². The number of hydrogen-bond donors (Lipinski definition) is 1. The maximum Gasteiger partial charge on any atom is 0.238 e. The Morgan fingerprint density at radius 3 is 2.38 bits per heavy atom. The molecule has 26 heavy (non-hydrogen) atoms. The molecule has 1 aliphatic rings. The molecule has 138 valence electrons. The van der Waals surface area contributed by atoms with Crippen LogP contribution in [0.15, 0.2) is 36.4 Å². The van der Waals surface area contributed by atoms with Crippen molar-refractivity contribution in [3.63, 3.8) is 0 Å². The lowest BCUT2D eigenvalue weighted by atomic mass is 10.1. The Morgan fingerprint density at radius 1 is 1.00 bits per heavy atom. The van der Waals surface area contributed by atoms with Crippen LogP contribution in [-0.4, -0.2) is 43.5 Å². The van der Waals surface area contributed by atoms with Gasteiger partial charge in [0.05, 0.1) is 17.3 Å². The van der Waals surface area contributed by atoms with Crippen molar-refractivity contribution in [1.29, 1.82) is 0 Å². The van der Waals surface area contributed by atoms with Crippen molar-refractivity contribution < 1.29 is 4.79 Å². The summed E-state index contributed by atoms with van der Waals surface area (Å²) in [4.78, 5) is 16.7. The van der Waals surface area contributed by atoms with Crippen molar-refractivity contribution in [2.45, 2.75) is 6.92 Å². The second-order valence-corrected chi connectivity index (χ2v) is 7.65. The Hall–Kier alpha value is -1.46. The van der Waals surface area contributed by atoms with Crippen LogP contribution in [-0.2, 0) is 4.79 Å². The number of piperazine rings is 1. The summed E-state index contributed by atoms with van der Waals surface area (Å²) in [5.41, 5.74) is 2.90. The molecule has 1 N–H and O–H groups in total. The van der Waals surface area contributed by atoms with Gasteiger partial charge in [0.1, 0.15) is 0 Å². The quantitative estimate of drug-likeness (QED) is 0.789. The van der Waals surface area contributed by atoms with E-state index in [1.165, 1.54) is 5.56 Å². The second kappa shape index (κ2) is 8.49. The normalized spacial score (nSPS) is 15.2. The first-order valence-electron chi connectivity index (χ1n) is 8.41. The van der Waals surface area contributed by atoms with E-state index < -0.39 is 0 Å². The van der Waals surface area contributed by atoms with Gasteiger partial charge >= 0.3 is 0 Å². The minimum absolute atomic E-state index is 0.0958. The maximum absolute atomic E-state index is 12.3. The van der Waals surface area contributed by atoms with E-state index in [0.717, 1.165) is 36.9 Å². The van der Waals surface area contributed by atoms with Crippen molar-refractivity contribution in [2.75, 3.05) is 42.9 Å². The number of halogens is 3. The molecule has 0 aliphatic carbocycles. The summed E-state index contributed by atoms with van der Waals surface area (Å²) in [6, 6.07) is 11.0. The van der Waals surface area contributed by atoms with E-state index in [-0.39, 0.29) is 5.91 Å². The molecule has 2 aromatic rings. The minimum atomic E-state index is -0.0958. The number of nitrogens with one attached hydrogen (secondary N) is 1. The topological polar surface area (TPSA) is 35.6 Å². The molecule has 1 amide bonds. The molecule has 0 bridgehead atoms. The van der Waals surface area contributed by atoms with Gasteiger partial charge in [0.2, 0.25) is 5.91 Å². The fourth-order valence-corrected chi connectivity index (χ4v) is 3.56. The zero-order valence-electron chi connectivity index (χ0n) is 14.4. The molecule has 0 radical (unpaired) electrons. The van der Waals surface area contributed by atoms with Crippen molar-refractivity contribution >= 4 is 52.1 Å². The van der Waals surface area contributed by atoms with Crippen LogP contribution < -0.4 is 10.2 Å². The minimum Gasteiger partial charge on any atom is -0.369 e. The highest BCUT2D eigenvalue weighted by molar-refractivity contribution is 6.35. The van der Waals surface area contributed by atoms with Gasteiger partial charge in [-0.15, -0.1) is 0 Å². The number of anilines is 2. The van der Waals surface area contributed by atoms with Gasteiger partial charge < -0.3 is 10.2 Å². The van der Waals surface area contributed by atoms with Crippen LogP contribution in [0.2, 0.25) is 15.1 Å². The average molecular weight is 413 g/mol. The van der Waals surface area contributed by atoms with Crippen LogP contribution in [0.25, 0.3) is 0 Å². The summed E-state index contributed by atoms with van der Waals surface area (Å²) in [7, 11) is 0. The zero-order valence-corrected chi connectivity index (χ0v) is 16.7. The number of carbonyl (C=O) groups excluding carboxylic acids is 1. The van der Waals surface area contributed by atoms with E-state index in [0.29, 0.717) is 22.3 Å². The molecule has 3 rings (SSSR count). The predicted octanol–water partition coefficient (Wildman–Crippen LogP) is 4.72. The van der Waals surface area contributed by atoms with E-state index in [4.69, 9.17) is 34.8 Å². The summed E-state index contributed by atoms with van der Waals surface area (Å²) in [5.74, 6) is -0.0958. The Labute approximate surface area is 168 Å². The lowest BCUT2D eigenvalue weighted by Crippen LogP contribution is -2.48. The number of carbonyl (C=O) groups is 1. The molecule has 0 spiro atoms. The lowest BCUT2D eigenvalue weighted by Gasteiger charge is -2.36. The summed E-state index contributed by atoms with van der Waals surface area (Å²) >= 11 is 18.2. The number of amides is 1. The molecule has 0 unspecified atom stereocenters. The van der Waals surface area contributed by atoms with Gasteiger partial charge in [-0.05, 0) is 42.8 Å². The van der Waals surface area contributed by atoms with Crippen molar-refractivity contribution in [2.24, 2.45) is 0 Å². The van der Waals surface area contributed by atoms with Crippen LogP contribution in [0, 0.1) is 6.92 Å². The zero-order chi connectivity index (χ0) is 18.7. The third kappa shape index (κ3) is 4.83. The van der Waals surface area contributed by atoms with Gasteiger partial charge in [-0.2, -0.15) is 0 Å². The summed E-state index contributed by atoms with van der Waals surface area (Å²) in [5, 5.41) is 4.58. The predicted molar refractivity (Wildman–Crippen MR) is 110 cm³/mol. The van der Waals surface area contributed by atoms with Gasteiger partial charge in [-0.1, -0.05) is 40.9 Å². The van der Waals surface area contributed by atoms with E-state index in [1.54, 1.807) is 18.2 Å². The lowest BCUT2D eigenvalue weighted by molar-refractivity contribution is -0.117. The fourth-order valence-electron chi connectivity index (χ4n) is 3.06. The summed E-state index contributed by atoms with van der Waals surface area (Å²) in [6.07, 6.45) is 0. The highest BCUT2D eigenvalue weighted by atomic mass is 35.5. The number of aryl methyl sites for hydroxylation is 1. The van der Waals surface area contributed by atoms with Crippen molar-refractivity contribution in [3.8, 4) is 0 Å². The van der Waals surface area contributed by atoms with E-state index in [9.17, 15) is 4.79 Å². The Morgan fingerprint density at radius 2 is 1.65 bits per heavy atom. The van der Waals surface area contributed by atoms with E-state index >= 15 is 0 Å². The fraction of sp³-hybridized carbons (Fsp3) is 0.316. The second-order valence-electron chi connectivity index (χ2n) is 6.37. The van der Waals surface area contributed by atoms with Gasteiger partial charge in [0, 0.05) is 41.9 Å². The van der Waals surface area contributed by atoms with Crippen LogP contribution in [0.1, 0.15) is 5.56 Å².